The zero-order chi connectivity index (χ0) is 19.8. The fraction of sp³-hybridized carbons (Fsp3) is 0.273. The minimum absolute atomic E-state index is 0.281. The van der Waals surface area contributed by atoms with Gasteiger partial charge in [-0.05, 0) is 68.2 Å². The number of nitrogens with zero attached hydrogens (tertiary/aromatic N) is 2. The first-order valence-electron chi connectivity index (χ1n) is 9.86. The van der Waals surface area contributed by atoms with E-state index in [4.69, 9.17) is 0 Å². The summed E-state index contributed by atoms with van der Waals surface area (Å²) in [5.41, 5.74) is 4.22. The van der Waals surface area contributed by atoms with Gasteiger partial charge in [0, 0.05) is 22.6 Å². The van der Waals surface area contributed by atoms with E-state index < -0.39 is 0 Å². The normalized spacial score (nSPS) is 17.1. The number of benzene rings is 2. The predicted octanol–water partition coefficient (Wildman–Crippen LogP) is 5.09. The maximum atomic E-state index is 13.6. The summed E-state index contributed by atoms with van der Waals surface area (Å²) < 4.78 is 14.6. The number of hydrogen-bond donors (Lipinski definition) is 3. The van der Waals surface area contributed by atoms with E-state index in [1.807, 2.05) is 18.3 Å². The van der Waals surface area contributed by atoms with E-state index in [2.05, 4.69) is 47.6 Å². The summed E-state index contributed by atoms with van der Waals surface area (Å²) in [5.74, 6) is 0.984. The number of imidazole rings is 1. The SMILES string of the molecule is Fc1ccc2nc(-c3cnc4ccc(Br)cc4c3NCC3CCCNC3)[nH]c2c1. The molecule has 3 N–H and O–H groups in total. The Morgan fingerprint density at radius 1 is 1.17 bits per heavy atom. The molecule has 1 atom stereocenters. The Kier molecular flexibility index (Phi) is 4.93. The molecule has 5 nitrogen and oxygen atoms in total. The summed E-state index contributed by atoms with van der Waals surface area (Å²) in [6, 6.07) is 10.7. The van der Waals surface area contributed by atoms with Gasteiger partial charge in [-0.3, -0.25) is 4.98 Å². The highest BCUT2D eigenvalue weighted by atomic mass is 79.9. The molecular formula is C22H21BrFN5. The van der Waals surface area contributed by atoms with Gasteiger partial charge in [0.25, 0.3) is 0 Å². The lowest BCUT2D eigenvalue weighted by atomic mass is 9.99. The van der Waals surface area contributed by atoms with Crippen LogP contribution in [-0.4, -0.2) is 34.6 Å². The van der Waals surface area contributed by atoms with Crippen molar-refractivity contribution in [2.45, 2.75) is 12.8 Å². The molecule has 0 aliphatic carbocycles. The molecule has 5 rings (SSSR count). The largest absolute Gasteiger partial charge is 0.384 e. The average molecular weight is 454 g/mol. The van der Waals surface area contributed by atoms with Crippen LogP contribution in [0.25, 0.3) is 33.3 Å². The molecule has 0 saturated carbocycles. The van der Waals surface area contributed by atoms with E-state index in [0.29, 0.717) is 17.3 Å². The van der Waals surface area contributed by atoms with E-state index in [1.54, 1.807) is 6.07 Å². The van der Waals surface area contributed by atoms with Crippen LogP contribution in [0, 0.1) is 11.7 Å². The second kappa shape index (κ2) is 7.72. The lowest BCUT2D eigenvalue weighted by Gasteiger charge is -2.24. The van der Waals surface area contributed by atoms with Crippen molar-refractivity contribution in [3.05, 3.63) is 52.9 Å². The Bertz CT molecular complexity index is 1180. The van der Waals surface area contributed by atoms with Crippen LogP contribution in [0.4, 0.5) is 10.1 Å². The van der Waals surface area contributed by atoms with Crippen LogP contribution in [-0.2, 0) is 0 Å². The molecule has 2 aromatic carbocycles. The second-order valence-corrected chi connectivity index (χ2v) is 8.46. The van der Waals surface area contributed by atoms with Gasteiger partial charge < -0.3 is 15.6 Å². The van der Waals surface area contributed by atoms with Crippen LogP contribution in [0.15, 0.2) is 47.1 Å². The lowest BCUT2D eigenvalue weighted by molar-refractivity contribution is 0.393. The van der Waals surface area contributed by atoms with Crippen molar-refractivity contribution in [3.63, 3.8) is 0 Å². The molecule has 0 spiro atoms. The number of hydrogen-bond acceptors (Lipinski definition) is 4. The van der Waals surface area contributed by atoms with Gasteiger partial charge in [0.1, 0.15) is 11.6 Å². The molecular weight excluding hydrogens is 433 g/mol. The summed E-state index contributed by atoms with van der Waals surface area (Å²) >= 11 is 3.58. The summed E-state index contributed by atoms with van der Waals surface area (Å²) in [6.07, 6.45) is 4.26. The summed E-state index contributed by atoms with van der Waals surface area (Å²) in [6.45, 7) is 3.00. The highest BCUT2D eigenvalue weighted by Gasteiger charge is 2.18. The molecule has 7 heteroatoms. The number of pyridine rings is 1. The van der Waals surface area contributed by atoms with Crippen LogP contribution in [0.2, 0.25) is 0 Å². The fourth-order valence-corrected chi connectivity index (χ4v) is 4.35. The molecule has 0 radical (unpaired) electrons. The zero-order valence-electron chi connectivity index (χ0n) is 15.8. The Morgan fingerprint density at radius 3 is 2.93 bits per heavy atom. The van der Waals surface area contributed by atoms with Gasteiger partial charge in [0.15, 0.2) is 0 Å². The van der Waals surface area contributed by atoms with E-state index in [0.717, 1.165) is 51.8 Å². The van der Waals surface area contributed by atoms with Gasteiger partial charge in [-0.15, -0.1) is 0 Å². The number of piperidine rings is 1. The number of aromatic amines is 1. The summed E-state index contributed by atoms with van der Waals surface area (Å²) in [4.78, 5) is 12.6. The highest BCUT2D eigenvalue weighted by Crippen LogP contribution is 2.35. The number of H-pyrrole nitrogens is 1. The van der Waals surface area contributed by atoms with Crippen molar-refractivity contribution < 1.29 is 4.39 Å². The molecule has 29 heavy (non-hydrogen) atoms. The molecule has 4 aromatic rings. The molecule has 148 valence electrons. The van der Waals surface area contributed by atoms with Gasteiger partial charge in [-0.1, -0.05) is 15.9 Å². The molecule has 3 heterocycles. The maximum Gasteiger partial charge on any atom is 0.142 e. The summed E-state index contributed by atoms with van der Waals surface area (Å²) in [5, 5.41) is 8.18. The number of anilines is 1. The maximum absolute atomic E-state index is 13.6. The Hall–Kier alpha value is -2.51. The molecule has 1 aliphatic heterocycles. The van der Waals surface area contributed by atoms with Crippen molar-refractivity contribution in [3.8, 4) is 11.4 Å². The Morgan fingerprint density at radius 2 is 2.07 bits per heavy atom. The van der Waals surface area contributed by atoms with Gasteiger partial charge in [-0.2, -0.15) is 0 Å². The third kappa shape index (κ3) is 3.72. The van der Waals surface area contributed by atoms with Crippen LogP contribution >= 0.6 is 15.9 Å². The first-order chi connectivity index (χ1) is 14.2. The molecule has 1 fully saturated rings. The predicted molar refractivity (Wildman–Crippen MR) is 119 cm³/mol. The van der Waals surface area contributed by atoms with Crippen molar-refractivity contribution in [2.24, 2.45) is 5.92 Å². The first kappa shape index (κ1) is 18.5. The van der Waals surface area contributed by atoms with Crippen LogP contribution in [0.3, 0.4) is 0 Å². The number of rotatable bonds is 4. The number of aromatic nitrogens is 3. The van der Waals surface area contributed by atoms with Crippen LogP contribution in [0.5, 0.6) is 0 Å². The van der Waals surface area contributed by atoms with Crippen molar-refractivity contribution in [1.29, 1.82) is 0 Å². The van der Waals surface area contributed by atoms with E-state index in [9.17, 15) is 4.39 Å². The van der Waals surface area contributed by atoms with Crippen molar-refractivity contribution in [2.75, 3.05) is 25.0 Å². The first-order valence-corrected chi connectivity index (χ1v) is 10.7. The highest BCUT2D eigenvalue weighted by molar-refractivity contribution is 9.10. The van der Waals surface area contributed by atoms with E-state index in [1.165, 1.54) is 25.0 Å². The van der Waals surface area contributed by atoms with Gasteiger partial charge >= 0.3 is 0 Å². The smallest absolute Gasteiger partial charge is 0.142 e. The molecule has 0 amide bonds. The Labute approximate surface area is 176 Å². The minimum atomic E-state index is -0.281. The van der Waals surface area contributed by atoms with E-state index >= 15 is 0 Å². The van der Waals surface area contributed by atoms with Crippen molar-refractivity contribution >= 4 is 43.6 Å². The zero-order valence-corrected chi connectivity index (χ0v) is 17.4. The fourth-order valence-electron chi connectivity index (χ4n) is 3.99. The molecule has 0 bridgehead atoms. The van der Waals surface area contributed by atoms with E-state index in [-0.39, 0.29) is 5.82 Å². The number of nitrogens with one attached hydrogen (secondary N) is 3. The van der Waals surface area contributed by atoms with Crippen LogP contribution in [0.1, 0.15) is 12.8 Å². The summed E-state index contributed by atoms with van der Waals surface area (Å²) in [7, 11) is 0. The van der Waals surface area contributed by atoms with Gasteiger partial charge in [0.05, 0.1) is 27.8 Å². The van der Waals surface area contributed by atoms with Gasteiger partial charge in [0.2, 0.25) is 0 Å². The lowest BCUT2D eigenvalue weighted by Crippen LogP contribution is -2.33. The quantitative estimate of drug-likeness (QED) is 0.402. The second-order valence-electron chi connectivity index (χ2n) is 7.55. The topological polar surface area (TPSA) is 65.6 Å². The monoisotopic (exact) mass is 453 g/mol. The average Bonchev–Trinajstić information content (AvgIpc) is 3.15. The Balaban J connectivity index is 1.60. The third-order valence-electron chi connectivity index (χ3n) is 5.50. The molecule has 1 aliphatic rings. The third-order valence-corrected chi connectivity index (χ3v) is 5.99. The molecule has 2 aromatic heterocycles. The molecule has 1 unspecified atom stereocenters. The standard InChI is InChI=1S/C22H21BrFN5/c23-14-3-5-18-16(8-14)21(27-11-13-2-1-7-25-10-13)17(12-26-18)22-28-19-6-4-15(24)9-20(19)29-22/h3-6,8-9,12-13,25H,1-2,7,10-11H2,(H,26,27)(H,28,29). The molecule has 1 saturated heterocycles. The van der Waals surface area contributed by atoms with Crippen LogP contribution < -0.4 is 10.6 Å². The number of fused-ring (bicyclic) bond motifs is 2. The number of halogens is 2. The van der Waals surface area contributed by atoms with Crippen molar-refractivity contribution in [1.82, 2.24) is 20.3 Å². The minimum Gasteiger partial charge on any atom is -0.384 e. The van der Waals surface area contributed by atoms with Gasteiger partial charge in [-0.25, -0.2) is 9.37 Å².